The molecule has 1 heterocycles. The summed E-state index contributed by atoms with van der Waals surface area (Å²) in [6, 6.07) is 5.03. The zero-order valence-corrected chi connectivity index (χ0v) is 13.6. The molecule has 110 valence electrons. The van der Waals surface area contributed by atoms with Gasteiger partial charge in [0.15, 0.2) is 0 Å². The van der Waals surface area contributed by atoms with Gasteiger partial charge in [0.2, 0.25) is 0 Å². The van der Waals surface area contributed by atoms with Gasteiger partial charge in [0.25, 0.3) is 0 Å². The molecule has 0 aliphatic heterocycles. The maximum Gasteiger partial charge on any atom is 0.0328 e. The first kappa shape index (κ1) is 16.7. The fraction of sp³-hybridized carbons (Fsp3) is 0.750. The summed E-state index contributed by atoms with van der Waals surface area (Å²) < 4.78 is 0. The predicted octanol–water partition coefficient (Wildman–Crippen LogP) is 4.13. The summed E-state index contributed by atoms with van der Waals surface area (Å²) in [6.45, 7) is 11.3. The second-order valence-corrected chi connectivity index (χ2v) is 6.33. The Hall–Kier alpha value is -0.380. The van der Waals surface area contributed by atoms with Crippen molar-refractivity contribution in [3.05, 3.63) is 22.4 Å². The van der Waals surface area contributed by atoms with E-state index >= 15 is 0 Å². The second kappa shape index (κ2) is 10.4. The Balaban J connectivity index is 2.11. The Morgan fingerprint density at radius 3 is 2.79 bits per heavy atom. The summed E-state index contributed by atoms with van der Waals surface area (Å²) in [5.74, 6) is 0. The van der Waals surface area contributed by atoms with Gasteiger partial charge in [-0.15, -0.1) is 11.3 Å². The van der Waals surface area contributed by atoms with E-state index in [1.54, 1.807) is 0 Å². The molecule has 0 amide bonds. The molecular weight excluding hydrogens is 252 g/mol. The number of likely N-dealkylation sites (N-methyl/N-ethyl adjacent to an activating group) is 1. The number of nitrogens with one attached hydrogen (secondary N) is 1. The molecule has 0 aliphatic rings. The van der Waals surface area contributed by atoms with Crippen molar-refractivity contribution in [2.75, 3.05) is 19.6 Å². The average Bonchev–Trinajstić information content (AvgIpc) is 2.91. The van der Waals surface area contributed by atoms with Crippen molar-refractivity contribution in [3.63, 3.8) is 0 Å². The van der Waals surface area contributed by atoms with Gasteiger partial charge in [-0.05, 0) is 31.3 Å². The molecule has 1 N–H and O–H groups in total. The lowest BCUT2D eigenvalue weighted by atomic mass is 10.1. The lowest BCUT2D eigenvalue weighted by Crippen LogP contribution is -2.35. The highest BCUT2D eigenvalue weighted by atomic mass is 32.1. The first-order valence-corrected chi connectivity index (χ1v) is 8.62. The molecule has 1 rings (SSSR count). The summed E-state index contributed by atoms with van der Waals surface area (Å²) in [5, 5.41) is 5.81. The van der Waals surface area contributed by atoms with Crippen LogP contribution >= 0.6 is 11.3 Å². The first-order chi connectivity index (χ1) is 9.26. The number of thiophene rings is 1. The van der Waals surface area contributed by atoms with Gasteiger partial charge < -0.3 is 5.32 Å². The highest BCUT2D eigenvalue weighted by Crippen LogP contribution is 2.11. The number of nitrogens with zero attached hydrogens (tertiary/aromatic N) is 1. The van der Waals surface area contributed by atoms with Crippen molar-refractivity contribution >= 4 is 11.3 Å². The molecule has 1 atom stereocenters. The van der Waals surface area contributed by atoms with Crippen molar-refractivity contribution < 1.29 is 0 Å². The Kier molecular flexibility index (Phi) is 9.14. The minimum atomic E-state index is 0.659. The Bertz CT molecular complexity index is 298. The molecule has 1 aromatic rings. The zero-order valence-electron chi connectivity index (χ0n) is 12.8. The predicted molar refractivity (Wildman–Crippen MR) is 86.9 cm³/mol. The lowest BCUT2D eigenvalue weighted by molar-refractivity contribution is 0.276. The Labute approximate surface area is 123 Å². The van der Waals surface area contributed by atoms with E-state index < -0.39 is 0 Å². The quantitative estimate of drug-likeness (QED) is 0.614. The van der Waals surface area contributed by atoms with Crippen LogP contribution in [0.2, 0.25) is 0 Å². The van der Waals surface area contributed by atoms with Gasteiger partial charge in [0, 0.05) is 30.6 Å². The van der Waals surface area contributed by atoms with Crippen molar-refractivity contribution in [1.29, 1.82) is 0 Å². The van der Waals surface area contributed by atoms with Gasteiger partial charge >= 0.3 is 0 Å². The molecule has 0 saturated heterocycles. The van der Waals surface area contributed by atoms with Crippen LogP contribution in [0.1, 0.15) is 51.3 Å². The molecule has 2 nitrogen and oxygen atoms in total. The largest absolute Gasteiger partial charge is 0.313 e. The van der Waals surface area contributed by atoms with Gasteiger partial charge in [-0.25, -0.2) is 0 Å². The van der Waals surface area contributed by atoms with E-state index in [9.17, 15) is 0 Å². The summed E-state index contributed by atoms with van der Waals surface area (Å²) in [5.41, 5.74) is 0. The SMILES string of the molecule is CCCCCC(C)NCCN(CC)Cc1cccs1. The molecule has 3 heteroatoms. The van der Waals surface area contributed by atoms with E-state index in [-0.39, 0.29) is 0 Å². The Morgan fingerprint density at radius 2 is 2.16 bits per heavy atom. The summed E-state index contributed by atoms with van der Waals surface area (Å²) >= 11 is 1.86. The van der Waals surface area contributed by atoms with Crippen LogP contribution in [-0.4, -0.2) is 30.6 Å². The van der Waals surface area contributed by atoms with E-state index in [2.05, 4.69) is 48.5 Å². The molecule has 0 saturated carbocycles. The summed E-state index contributed by atoms with van der Waals surface area (Å²) in [7, 11) is 0. The molecule has 1 aromatic heterocycles. The normalized spacial score (nSPS) is 13.1. The molecule has 0 spiro atoms. The molecular formula is C16H30N2S. The van der Waals surface area contributed by atoms with Crippen LogP contribution in [0.15, 0.2) is 17.5 Å². The van der Waals surface area contributed by atoms with Crippen LogP contribution in [0.3, 0.4) is 0 Å². The van der Waals surface area contributed by atoms with E-state index in [0.29, 0.717) is 6.04 Å². The van der Waals surface area contributed by atoms with Crippen molar-refractivity contribution in [2.45, 2.75) is 59.0 Å². The molecule has 0 fully saturated rings. The van der Waals surface area contributed by atoms with Crippen molar-refractivity contribution in [2.24, 2.45) is 0 Å². The lowest BCUT2D eigenvalue weighted by Gasteiger charge is -2.21. The smallest absolute Gasteiger partial charge is 0.0328 e. The third-order valence-corrected chi connectivity index (χ3v) is 4.43. The third-order valence-electron chi connectivity index (χ3n) is 3.57. The first-order valence-electron chi connectivity index (χ1n) is 7.74. The monoisotopic (exact) mass is 282 g/mol. The minimum absolute atomic E-state index is 0.659. The van der Waals surface area contributed by atoms with Crippen molar-refractivity contribution in [3.8, 4) is 0 Å². The van der Waals surface area contributed by atoms with Crippen LogP contribution in [-0.2, 0) is 6.54 Å². The minimum Gasteiger partial charge on any atom is -0.313 e. The second-order valence-electron chi connectivity index (χ2n) is 5.30. The van der Waals surface area contributed by atoms with E-state index in [4.69, 9.17) is 0 Å². The Morgan fingerprint density at radius 1 is 1.32 bits per heavy atom. The number of hydrogen-bond donors (Lipinski definition) is 1. The molecule has 1 unspecified atom stereocenters. The van der Waals surface area contributed by atoms with Gasteiger partial charge in [-0.1, -0.05) is 39.2 Å². The van der Waals surface area contributed by atoms with Crippen LogP contribution < -0.4 is 5.32 Å². The van der Waals surface area contributed by atoms with Crippen LogP contribution in [0, 0.1) is 0 Å². The maximum atomic E-state index is 3.65. The average molecular weight is 282 g/mol. The highest BCUT2D eigenvalue weighted by Gasteiger charge is 2.05. The molecule has 0 aromatic carbocycles. The van der Waals surface area contributed by atoms with Gasteiger partial charge in [0.1, 0.15) is 0 Å². The topological polar surface area (TPSA) is 15.3 Å². The molecule has 19 heavy (non-hydrogen) atoms. The van der Waals surface area contributed by atoms with E-state index in [0.717, 1.165) is 26.2 Å². The number of unbranched alkanes of at least 4 members (excludes halogenated alkanes) is 2. The highest BCUT2D eigenvalue weighted by molar-refractivity contribution is 7.09. The maximum absolute atomic E-state index is 3.65. The van der Waals surface area contributed by atoms with Crippen LogP contribution in [0.5, 0.6) is 0 Å². The van der Waals surface area contributed by atoms with Gasteiger partial charge in [0.05, 0.1) is 0 Å². The third kappa shape index (κ3) is 7.71. The molecule has 0 aliphatic carbocycles. The van der Waals surface area contributed by atoms with Gasteiger partial charge in [-0.2, -0.15) is 0 Å². The standard InChI is InChI=1S/C16H30N2S/c1-4-6-7-9-15(3)17-11-12-18(5-2)14-16-10-8-13-19-16/h8,10,13,15,17H,4-7,9,11-12,14H2,1-3H3. The van der Waals surface area contributed by atoms with Crippen LogP contribution in [0.25, 0.3) is 0 Å². The molecule has 0 bridgehead atoms. The van der Waals surface area contributed by atoms with Crippen LogP contribution in [0.4, 0.5) is 0 Å². The summed E-state index contributed by atoms with van der Waals surface area (Å²) in [6.07, 6.45) is 5.35. The van der Waals surface area contributed by atoms with E-state index in [1.165, 1.54) is 30.6 Å². The zero-order chi connectivity index (χ0) is 13.9. The van der Waals surface area contributed by atoms with Gasteiger partial charge in [-0.3, -0.25) is 4.90 Å². The fourth-order valence-corrected chi connectivity index (χ4v) is 2.99. The summed E-state index contributed by atoms with van der Waals surface area (Å²) in [4.78, 5) is 3.98. The van der Waals surface area contributed by atoms with E-state index in [1.807, 2.05) is 11.3 Å². The molecule has 0 radical (unpaired) electrons. The van der Waals surface area contributed by atoms with Crippen molar-refractivity contribution in [1.82, 2.24) is 10.2 Å². The fourth-order valence-electron chi connectivity index (χ4n) is 2.24. The number of rotatable bonds is 11. The number of hydrogen-bond acceptors (Lipinski definition) is 3.